The van der Waals surface area contributed by atoms with Gasteiger partial charge in [-0.3, -0.25) is 0 Å². The van der Waals surface area contributed by atoms with Gasteiger partial charge in [-0.25, -0.2) is 0 Å². The lowest BCUT2D eigenvalue weighted by Crippen LogP contribution is -2.17. The monoisotopic (exact) mass is 640 g/mol. The van der Waals surface area contributed by atoms with Crippen LogP contribution >= 0.6 is 0 Å². The van der Waals surface area contributed by atoms with E-state index in [0.29, 0.717) is 0 Å². The molecule has 0 amide bonds. The van der Waals surface area contributed by atoms with Gasteiger partial charge in [0.2, 0.25) is 0 Å². The lowest BCUT2D eigenvalue weighted by Gasteiger charge is -2.29. The Kier molecular flexibility index (Phi) is 7.68. The highest BCUT2D eigenvalue weighted by atomic mass is 15.1. The van der Waals surface area contributed by atoms with Crippen molar-refractivity contribution in [2.75, 3.05) is 4.90 Å². The molecule has 0 spiro atoms. The van der Waals surface area contributed by atoms with Crippen molar-refractivity contribution in [2.45, 2.75) is 12.3 Å². The minimum atomic E-state index is 0.287. The van der Waals surface area contributed by atoms with Crippen LogP contribution in [0.5, 0.6) is 0 Å². The largest absolute Gasteiger partial charge is 0.311 e. The van der Waals surface area contributed by atoms with E-state index in [1.54, 1.807) is 0 Å². The van der Waals surface area contributed by atoms with Crippen LogP contribution in [0.15, 0.2) is 206 Å². The Bertz CT molecular complexity index is 2350. The Hall–Kier alpha value is -6.38. The minimum absolute atomic E-state index is 0.287. The zero-order valence-corrected chi connectivity index (χ0v) is 27.7. The van der Waals surface area contributed by atoms with E-state index in [0.717, 1.165) is 17.8 Å². The van der Waals surface area contributed by atoms with Crippen molar-refractivity contribution in [3.05, 3.63) is 211 Å². The van der Waals surface area contributed by atoms with Gasteiger partial charge in [0.1, 0.15) is 0 Å². The Morgan fingerprint density at radius 3 is 1.48 bits per heavy atom. The number of hydrogen-bond acceptors (Lipinski definition) is 1. The van der Waals surface area contributed by atoms with Gasteiger partial charge in [-0.15, -0.1) is 0 Å². The van der Waals surface area contributed by atoms with Crippen LogP contribution in [0, 0.1) is 0 Å². The lowest BCUT2D eigenvalue weighted by atomic mass is 9.91. The Labute approximate surface area is 293 Å². The molecule has 0 bridgehead atoms. The number of rotatable bonds is 7. The van der Waals surface area contributed by atoms with Crippen molar-refractivity contribution < 1.29 is 0 Å². The van der Waals surface area contributed by atoms with E-state index >= 15 is 0 Å². The molecule has 9 rings (SSSR count). The highest BCUT2D eigenvalue weighted by Crippen LogP contribution is 2.38. The van der Waals surface area contributed by atoms with E-state index in [1.807, 2.05) is 0 Å². The number of fused-ring (bicyclic) bond motifs is 3. The van der Waals surface area contributed by atoms with Crippen LogP contribution in [0.4, 0.5) is 11.4 Å². The van der Waals surface area contributed by atoms with Gasteiger partial charge < -0.3 is 9.47 Å². The zero-order chi connectivity index (χ0) is 33.3. The van der Waals surface area contributed by atoms with Gasteiger partial charge in [0.25, 0.3) is 0 Å². The van der Waals surface area contributed by atoms with Crippen molar-refractivity contribution in [1.82, 2.24) is 4.57 Å². The number of nitrogens with zero attached hydrogens (tertiary/aromatic N) is 2. The highest BCUT2D eigenvalue weighted by Gasteiger charge is 2.20. The molecular weight excluding hydrogens is 605 g/mol. The summed E-state index contributed by atoms with van der Waals surface area (Å²) in [6.07, 6.45) is 8.00. The van der Waals surface area contributed by atoms with Crippen molar-refractivity contribution in [1.29, 1.82) is 0 Å². The summed E-state index contributed by atoms with van der Waals surface area (Å²) in [5.74, 6) is 0.287. The molecule has 7 aromatic carbocycles. The maximum absolute atomic E-state index is 2.40. The molecule has 0 radical (unpaired) electrons. The molecule has 1 heterocycles. The predicted molar refractivity (Wildman–Crippen MR) is 211 cm³/mol. The molecule has 0 fully saturated rings. The van der Waals surface area contributed by atoms with E-state index in [9.17, 15) is 0 Å². The topological polar surface area (TPSA) is 8.17 Å². The van der Waals surface area contributed by atoms with Crippen molar-refractivity contribution in [3.8, 4) is 27.9 Å². The molecule has 1 unspecified atom stereocenters. The van der Waals surface area contributed by atoms with Gasteiger partial charge in [0.15, 0.2) is 0 Å². The second-order valence-corrected chi connectivity index (χ2v) is 13.0. The smallest absolute Gasteiger partial charge is 0.0541 e. The van der Waals surface area contributed by atoms with Crippen LogP contribution in [-0.2, 0) is 0 Å². The Balaban J connectivity index is 1.05. The van der Waals surface area contributed by atoms with E-state index in [4.69, 9.17) is 0 Å². The number of para-hydroxylation sites is 2. The first kappa shape index (κ1) is 29.7. The first-order chi connectivity index (χ1) is 24.8. The molecule has 0 saturated carbocycles. The standard InChI is InChI=1S/C48H36N2/c1-3-12-35(13-4-1)37-22-28-41(29-23-37)49(42-30-24-38(25-31-42)36-14-5-2-6-15-36)43-32-26-39(27-33-43)40-16-11-17-44(34-40)50-47-20-9-7-18-45(47)46-19-8-10-21-48(46)50/h1-26,28-34,39H,27H2. The molecule has 1 aliphatic carbocycles. The van der Waals surface area contributed by atoms with Crippen LogP contribution in [0.1, 0.15) is 17.9 Å². The summed E-state index contributed by atoms with van der Waals surface area (Å²) in [6, 6.07) is 65.5. The fourth-order valence-corrected chi connectivity index (χ4v) is 7.43. The molecule has 238 valence electrons. The molecule has 8 aromatic rings. The van der Waals surface area contributed by atoms with E-state index in [-0.39, 0.29) is 5.92 Å². The van der Waals surface area contributed by atoms with Crippen LogP contribution < -0.4 is 4.90 Å². The second-order valence-electron chi connectivity index (χ2n) is 13.0. The van der Waals surface area contributed by atoms with Crippen LogP contribution in [0.2, 0.25) is 0 Å². The number of anilines is 2. The van der Waals surface area contributed by atoms with Crippen molar-refractivity contribution in [2.24, 2.45) is 0 Å². The quantitative estimate of drug-likeness (QED) is 0.168. The van der Waals surface area contributed by atoms with Gasteiger partial charge in [-0.2, -0.15) is 0 Å². The fourth-order valence-electron chi connectivity index (χ4n) is 7.43. The SMILES string of the molecule is C1=CC(c2cccc(-n3c4ccccc4c4ccccc43)c2)CC=C1N(c1ccc(-c2ccccc2)cc1)c1ccc(-c2ccccc2)cc1. The summed E-state index contributed by atoms with van der Waals surface area (Å²) in [4.78, 5) is 2.38. The van der Waals surface area contributed by atoms with E-state index < -0.39 is 0 Å². The van der Waals surface area contributed by atoms with Gasteiger partial charge in [-0.1, -0.05) is 146 Å². The average molecular weight is 641 g/mol. The third-order valence-corrected chi connectivity index (χ3v) is 9.94. The summed E-state index contributed by atoms with van der Waals surface area (Å²) in [7, 11) is 0. The van der Waals surface area contributed by atoms with Crippen LogP contribution in [-0.4, -0.2) is 4.57 Å². The van der Waals surface area contributed by atoms with Crippen LogP contribution in [0.25, 0.3) is 49.7 Å². The Morgan fingerprint density at radius 1 is 0.460 bits per heavy atom. The van der Waals surface area contributed by atoms with E-state index in [1.165, 1.54) is 61.0 Å². The molecule has 1 aliphatic rings. The molecule has 0 aliphatic heterocycles. The molecular formula is C48H36N2. The Morgan fingerprint density at radius 2 is 0.960 bits per heavy atom. The normalized spacial score (nSPS) is 14.2. The molecule has 1 atom stereocenters. The molecule has 0 N–H and O–H groups in total. The summed E-state index contributed by atoms with van der Waals surface area (Å²) in [5, 5.41) is 2.57. The fraction of sp³-hybridized carbons (Fsp3) is 0.0417. The van der Waals surface area contributed by atoms with Gasteiger partial charge in [-0.05, 0) is 88.8 Å². The van der Waals surface area contributed by atoms with Gasteiger partial charge in [0.05, 0.1) is 11.0 Å². The van der Waals surface area contributed by atoms with Crippen LogP contribution in [0.3, 0.4) is 0 Å². The zero-order valence-electron chi connectivity index (χ0n) is 27.7. The summed E-state index contributed by atoms with van der Waals surface area (Å²) < 4.78 is 2.40. The third-order valence-electron chi connectivity index (χ3n) is 9.94. The maximum Gasteiger partial charge on any atom is 0.0541 e. The molecule has 2 heteroatoms. The van der Waals surface area contributed by atoms with E-state index in [2.05, 4.69) is 210 Å². The molecule has 1 aromatic heterocycles. The minimum Gasteiger partial charge on any atom is -0.311 e. The first-order valence-electron chi connectivity index (χ1n) is 17.4. The predicted octanol–water partition coefficient (Wildman–Crippen LogP) is 12.9. The maximum atomic E-state index is 2.40. The van der Waals surface area contributed by atoms with Crippen molar-refractivity contribution >= 4 is 33.2 Å². The highest BCUT2D eigenvalue weighted by molar-refractivity contribution is 6.09. The average Bonchev–Trinajstić information content (AvgIpc) is 3.54. The lowest BCUT2D eigenvalue weighted by molar-refractivity contribution is 0.838. The third kappa shape index (κ3) is 5.51. The summed E-state index contributed by atoms with van der Waals surface area (Å²) in [5.41, 5.74) is 13.3. The van der Waals surface area contributed by atoms with Gasteiger partial charge in [0, 0.05) is 39.4 Å². The number of allylic oxidation sites excluding steroid dienone is 3. The van der Waals surface area contributed by atoms with Crippen molar-refractivity contribution in [3.63, 3.8) is 0 Å². The first-order valence-corrected chi connectivity index (χ1v) is 17.4. The number of aromatic nitrogens is 1. The molecule has 2 nitrogen and oxygen atoms in total. The molecule has 50 heavy (non-hydrogen) atoms. The number of hydrogen-bond donors (Lipinski definition) is 0. The molecule has 0 saturated heterocycles. The summed E-state index contributed by atoms with van der Waals surface area (Å²) in [6.45, 7) is 0. The summed E-state index contributed by atoms with van der Waals surface area (Å²) >= 11 is 0. The second kappa shape index (κ2) is 12.9. The van der Waals surface area contributed by atoms with Gasteiger partial charge >= 0.3 is 0 Å². The number of benzene rings is 7.